The zero-order valence-corrected chi connectivity index (χ0v) is 15.4. The summed E-state index contributed by atoms with van der Waals surface area (Å²) in [6.45, 7) is 2.80. The summed E-state index contributed by atoms with van der Waals surface area (Å²) >= 11 is 3.38. The van der Waals surface area contributed by atoms with Crippen molar-refractivity contribution in [2.45, 2.75) is 19.6 Å². The molecule has 23 heavy (non-hydrogen) atoms. The second kappa shape index (κ2) is 9.60. The molecule has 1 aromatic carbocycles. The van der Waals surface area contributed by atoms with Crippen LogP contribution in [-0.2, 0) is 6.61 Å². The third-order valence-corrected chi connectivity index (χ3v) is 3.62. The molecule has 1 amide bonds. The first-order chi connectivity index (χ1) is 10.6. The van der Waals surface area contributed by atoms with Crippen LogP contribution in [0.2, 0.25) is 0 Å². The maximum atomic E-state index is 11.9. The Morgan fingerprint density at radius 3 is 2.83 bits per heavy atom. The number of carbonyl (C=O) groups excluding carboxylic acids is 1. The number of furan rings is 1. The molecule has 0 spiro atoms. The van der Waals surface area contributed by atoms with Crippen LogP contribution in [0.3, 0.4) is 0 Å². The van der Waals surface area contributed by atoms with Gasteiger partial charge in [0, 0.05) is 17.1 Å². The van der Waals surface area contributed by atoms with Gasteiger partial charge in [0.05, 0.1) is 0 Å². The summed E-state index contributed by atoms with van der Waals surface area (Å²) < 4.78 is 12.1. The highest BCUT2D eigenvalue weighted by molar-refractivity contribution is 9.10. The van der Waals surface area contributed by atoms with Gasteiger partial charge in [0.25, 0.3) is 5.91 Å². The van der Waals surface area contributed by atoms with E-state index in [4.69, 9.17) is 9.15 Å². The summed E-state index contributed by atoms with van der Waals surface area (Å²) in [6, 6.07) is 11.2. The minimum Gasteiger partial charge on any atom is -0.486 e. The summed E-state index contributed by atoms with van der Waals surface area (Å²) in [5.41, 5.74) is 0. The van der Waals surface area contributed by atoms with E-state index in [1.54, 1.807) is 12.1 Å². The van der Waals surface area contributed by atoms with Gasteiger partial charge in [-0.3, -0.25) is 4.79 Å². The summed E-state index contributed by atoms with van der Waals surface area (Å²) in [5.74, 6) is 1.40. The molecule has 1 atom stereocenters. The number of ether oxygens (including phenoxy) is 1. The van der Waals surface area contributed by atoms with E-state index in [1.807, 2.05) is 38.2 Å². The predicted octanol–water partition coefficient (Wildman–Crippen LogP) is 3.38. The number of hydrogen-bond acceptors (Lipinski definition) is 4. The van der Waals surface area contributed by atoms with Crippen LogP contribution in [-0.4, -0.2) is 25.5 Å². The Morgan fingerprint density at radius 1 is 1.35 bits per heavy atom. The molecule has 0 fully saturated rings. The largest absolute Gasteiger partial charge is 0.486 e. The zero-order chi connectivity index (χ0) is 15.9. The Balaban J connectivity index is 0.00000264. The minimum atomic E-state index is -0.226. The zero-order valence-electron chi connectivity index (χ0n) is 13.0. The van der Waals surface area contributed by atoms with Crippen molar-refractivity contribution >= 4 is 34.2 Å². The fraction of sp³-hybridized carbons (Fsp3) is 0.312. The molecule has 7 heteroatoms. The molecule has 5 nitrogen and oxygen atoms in total. The van der Waals surface area contributed by atoms with Gasteiger partial charge >= 0.3 is 0 Å². The molecule has 126 valence electrons. The second-order valence-corrected chi connectivity index (χ2v) is 5.83. The fourth-order valence-electron chi connectivity index (χ4n) is 1.72. The van der Waals surface area contributed by atoms with Gasteiger partial charge in [0.2, 0.25) is 0 Å². The number of benzene rings is 1. The molecule has 0 saturated carbocycles. The molecule has 0 aliphatic heterocycles. The van der Waals surface area contributed by atoms with Crippen LogP contribution >= 0.6 is 28.3 Å². The quantitative estimate of drug-likeness (QED) is 0.744. The Bertz CT molecular complexity index is 633. The standard InChI is InChI=1S/C16H19BrN2O3.ClH/c1-11(18-2)9-19-16(20)15-7-6-14(22-15)10-21-13-5-3-4-12(17)8-13;/h3-8,11,18H,9-10H2,1-2H3,(H,19,20);1H. The van der Waals surface area contributed by atoms with Crippen molar-refractivity contribution in [2.24, 2.45) is 0 Å². The van der Waals surface area contributed by atoms with Crippen molar-refractivity contribution in [3.05, 3.63) is 52.4 Å². The number of carbonyl (C=O) groups is 1. The topological polar surface area (TPSA) is 63.5 Å². The van der Waals surface area contributed by atoms with Crippen LogP contribution in [0.5, 0.6) is 5.75 Å². The number of halogens is 2. The first-order valence-electron chi connectivity index (χ1n) is 7.01. The van der Waals surface area contributed by atoms with Gasteiger partial charge in [-0.15, -0.1) is 12.4 Å². The van der Waals surface area contributed by atoms with E-state index in [0.29, 0.717) is 12.3 Å². The number of likely N-dealkylation sites (N-methyl/N-ethyl adjacent to an activating group) is 1. The molecule has 1 heterocycles. The van der Waals surface area contributed by atoms with Crippen molar-refractivity contribution in [3.63, 3.8) is 0 Å². The van der Waals surface area contributed by atoms with Gasteiger partial charge < -0.3 is 19.8 Å². The molecule has 0 radical (unpaired) electrons. The van der Waals surface area contributed by atoms with E-state index >= 15 is 0 Å². The Kier molecular flexibility index (Phi) is 8.16. The maximum absolute atomic E-state index is 11.9. The average molecular weight is 404 g/mol. The third-order valence-electron chi connectivity index (χ3n) is 3.12. The number of rotatable bonds is 7. The van der Waals surface area contributed by atoms with E-state index in [-0.39, 0.29) is 36.7 Å². The first kappa shape index (κ1) is 19.5. The number of amides is 1. The summed E-state index contributed by atoms with van der Waals surface area (Å²) in [6.07, 6.45) is 0. The fourth-order valence-corrected chi connectivity index (χ4v) is 2.10. The Morgan fingerprint density at radius 2 is 2.13 bits per heavy atom. The van der Waals surface area contributed by atoms with Gasteiger partial charge in [-0.25, -0.2) is 0 Å². The van der Waals surface area contributed by atoms with E-state index in [0.717, 1.165) is 10.2 Å². The Hall–Kier alpha value is -1.50. The Labute approximate surface area is 150 Å². The van der Waals surface area contributed by atoms with Crippen LogP contribution in [0, 0.1) is 0 Å². The molecule has 2 rings (SSSR count). The molecule has 1 unspecified atom stereocenters. The molecule has 2 N–H and O–H groups in total. The molecule has 0 saturated heterocycles. The highest BCUT2D eigenvalue weighted by Crippen LogP contribution is 2.19. The average Bonchev–Trinajstić information content (AvgIpc) is 2.99. The third kappa shape index (κ3) is 6.25. The second-order valence-electron chi connectivity index (χ2n) is 4.91. The molecular formula is C16H20BrClN2O3. The smallest absolute Gasteiger partial charge is 0.287 e. The molecule has 0 bridgehead atoms. The van der Waals surface area contributed by atoms with E-state index in [1.165, 1.54) is 0 Å². The lowest BCUT2D eigenvalue weighted by molar-refractivity contribution is 0.0918. The highest BCUT2D eigenvalue weighted by Gasteiger charge is 2.12. The maximum Gasteiger partial charge on any atom is 0.287 e. The van der Waals surface area contributed by atoms with Crippen LogP contribution < -0.4 is 15.4 Å². The molecule has 0 aliphatic carbocycles. The van der Waals surface area contributed by atoms with E-state index in [9.17, 15) is 4.79 Å². The lowest BCUT2D eigenvalue weighted by atomic mass is 10.3. The normalized spacial score (nSPS) is 11.4. The lowest BCUT2D eigenvalue weighted by Gasteiger charge is -2.10. The minimum absolute atomic E-state index is 0. The van der Waals surface area contributed by atoms with Gasteiger partial charge in [0.1, 0.15) is 18.1 Å². The van der Waals surface area contributed by atoms with Gasteiger partial charge in [-0.05, 0) is 44.3 Å². The summed E-state index contributed by atoms with van der Waals surface area (Å²) in [4.78, 5) is 11.9. The van der Waals surface area contributed by atoms with Gasteiger partial charge in [-0.1, -0.05) is 22.0 Å². The molecule has 0 aliphatic rings. The monoisotopic (exact) mass is 402 g/mol. The predicted molar refractivity (Wildman–Crippen MR) is 95.3 cm³/mol. The highest BCUT2D eigenvalue weighted by atomic mass is 79.9. The van der Waals surface area contributed by atoms with Crippen molar-refractivity contribution in [1.82, 2.24) is 10.6 Å². The van der Waals surface area contributed by atoms with Crippen LogP contribution in [0.4, 0.5) is 0 Å². The van der Waals surface area contributed by atoms with Crippen LogP contribution in [0.1, 0.15) is 23.2 Å². The summed E-state index contributed by atoms with van der Waals surface area (Å²) in [7, 11) is 1.85. The van der Waals surface area contributed by atoms with E-state index < -0.39 is 0 Å². The molecular weight excluding hydrogens is 384 g/mol. The molecule has 1 aromatic heterocycles. The van der Waals surface area contributed by atoms with Gasteiger partial charge in [0.15, 0.2) is 5.76 Å². The van der Waals surface area contributed by atoms with Gasteiger partial charge in [-0.2, -0.15) is 0 Å². The van der Waals surface area contributed by atoms with Crippen molar-refractivity contribution in [3.8, 4) is 5.75 Å². The van der Waals surface area contributed by atoms with Crippen molar-refractivity contribution < 1.29 is 13.9 Å². The van der Waals surface area contributed by atoms with Crippen LogP contribution in [0.25, 0.3) is 0 Å². The van der Waals surface area contributed by atoms with E-state index in [2.05, 4.69) is 26.6 Å². The summed E-state index contributed by atoms with van der Waals surface area (Å²) in [5, 5.41) is 5.85. The van der Waals surface area contributed by atoms with Crippen LogP contribution in [0.15, 0.2) is 45.3 Å². The molecule has 2 aromatic rings. The lowest BCUT2D eigenvalue weighted by Crippen LogP contribution is -2.37. The van der Waals surface area contributed by atoms with Crippen molar-refractivity contribution in [1.29, 1.82) is 0 Å². The number of nitrogens with one attached hydrogen (secondary N) is 2. The first-order valence-corrected chi connectivity index (χ1v) is 7.80. The SMILES string of the molecule is CNC(C)CNC(=O)c1ccc(COc2cccc(Br)c2)o1.Cl. The van der Waals surface area contributed by atoms with Crippen molar-refractivity contribution in [2.75, 3.05) is 13.6 Å². The number of hydrogen-bond donors (Lipinski definition) is 2.